The molecule has 2 N–H and O–H groups in total. The average molecular weight is 242 g/mol. The van der Waals surface area contributed by atoms with Crippen LogP contribution in [-0.2, 0) is 0 Å². The Morgan fingerprint density at radius 2 is 2.06 bits per heavy atom. The third-order valence-corrected chi connectivity index (χ3v) is 3.75. The fraction of sp³-hybridized carbons (Fsp3) is 0.429. The zero-order valence-corrected chi connectivity index (χ0v) is 10.4. The summed E-state index contributed by atoms with van der Waals surface area (Å²) in [5.74, 6) is 0.579. The zero-order chi connectivity index (χ0) is 12.4. The first kappa shape index (κ1) is 11.3. The van der Waals surface area contributed by atoms with E-state index in [1.54, 1.807) is 6.20 Å². The number of rotatable bonds is 2. The van der Waals surface area contributed by atoms with Gasteiger partial charge in [0.15, 0.2) is 0 Å². The minimum Gasteiger partial charge on any atom is -0.383 e. The van der Waals surface area contributed by atoms with E-state index in [0.29, 0.717) is 11.9 Å². The molecule has 3 rings (SSSR count). The van der Waals surface area contributed by atoms with Crippen LogP contribution in [-0.4, -0.2) is 14.5 Å². The predicted molar refractivity (Wildman–Crippen MR) is 72.0 cm³/mol. The molecule has 2 aromatic rings. The highest BCUT2D eigenvalue weighted by Crippen LogP contribution is 2.33. The number of imidazole rings is 1. The normalized spacial score (nSPS) is 16.9. The van der Waals surface area contributed by atoms with Gasteiger partial charge in [-0.3, -0.25) is 0 Å². The summed E-state index contributed by atoms with van der Waals surface area (Å²) < 4.78 is 2.27. The van der Waals surface area contributed by atoms with Crippen LogP contribution in [0.25, 0.3) is 11.3 Å². The second-order valence-electron chi connectivity index (χ2n) is 4.91. The number of pyridine rings is 1. The van der Waals surface area contributed by atoms with Crippen molar-refractivity contribution in [2.45, 2.75) is 38.1 Å². The van der Waals surface area contributed by atoms with Crippen molar-refractivity contribution in [1.82, 2.24) is 14.5 Å². The minimum atomic E-state index is 0.566. The maximum Gasteiger partial charge on any atom is 0.132 e. The molecule has 0 aliphatic heterocycles. The smallest absolute Gasteiger partial charge is 0.132 e. The lowest BCUT2D eigenvalue weighted by Crippen LogP contribution is -2.13. The molecular formula is C14H18N4. The number of hydrogen-bond acceptors (Lipinski definition) is 3. The molecule has 0 unspecified atom stereocenters. The Kier molecular flexibility index (Phi) is 3.00. The third kappa shape index (κ3) is 1.98. The summed E-state index contributed by atoms with van der Waals surface area (Å²) in [6.07, 6.45) is 12.0. The van der Waals surface area contributed by atoms with Gasteiger partial charge in [0.05, 0.1) is 18.2 Å². The van der Waals surface area contributed by atoms with Crippen LogP contribution in [0.4, 0.5) is 5.82 Å². The highest BCUT2D eigenvalue weighted by molar-refractivity contribution is 5.70. The van der Waals surface area contributed by atoms with Gasteiger partial charge in [-0.2, -0.15) is 0 Å². The number of aromatic nitrogens is 3. The van der Waals surface area contributed by atoms with Crippen molar-refractivity contribution >= 4 is 5.82 Å². The molecule has 1 fully saturated rings. The monoisotopic (exact) mass is 242 g/mol. The van der Waals surface area contributed by atoms with E-state index in [-0.39, 0.29) is 0 Å². The summed E-state index contributed by atoms with van der Waals surface area (Å²) in [5.41, 5.74) is 8.03. The van der Waals surface area contributed by atoms with E-state index in [4.69, 9.17) is 5.73 Å². The molecule has 0 spiro atoms. The molecule has 4 nitrogen and oxygen atoms in total. The summed E-state index contributed by atoms with van der Waals surface area (Å²) in [5, 5.41) is 0. The topological polar surface area (TPSA) is 56.7 Å². The fourth-order valence-corrected chi connectivity index (χ4v) is 2.80. The van der Waals surface area contributed by atoms with Crippen LogP contribution in [0, 0.1) is 0 Å². The molecular weight excluding hydrogens is 224 g/mol. The van der Waals surface area contributed by atoms with E-state index in [2.05, 4.69) is 14.5 Å². The second kappa shape index (κ2) is 4.80. The fourth-order valence-electron chi connectivity index (χ4n) is 2.80. The van der Waals surface area contributed by atoms with E-state index in [0.717, 1.165) is 11.3 Å². The molecule has 0 saturated heterocycles. The number of anilines is 1. The number of nitrogens with zero attached hydrogens (tertiary/aromatic N) is 3. The predicted octanol–water partition coefficient (Wildman–Crippen LogP) is 3.03. The molecule has 2 heterocycles. The van der Waals surface area contributed by atoms with Gasteiger partial charge in [-0.1, -0.05) is 19.3 Å². The van der Waals surface area contributed by atoms with Crippen molar-refractivity contribution in [1.29, 1.82) is 0 Å². The second-order valence-corrected chi connectivity index (χ2v) is 4.91. The van der Waals surface area contributed by atoms with E-state index in [1.165, 1.54) is 32.1 Å². The summed E-state index contributed by atoms with van der Waals surface area (Å²) in [4.78, 5) is 8.45. The lowest BCUT2D eigenvalue weighted by atomic mass is 9.95. The van der Waals surface area contributed by atoms with Crippen LogP contribution >= 0.6 is 0 Å². The Labute approximate surface area is 107 Å². The van der Waals surface area contributed by atoms with Crippen molar-refractivity contribution in [2.24, 2.45) is 0 Å². The maximum atomic E-state index is 5.96. The van der Waals surface area contributed by atoms with Crippen molar-refractivity contribution < 1.29 is 0 Å². The molecule has 0 radical (unpaired) electrons. The highest BCUT2D eigenvalue weighted by atomic mass is 15.1. The first-order chi connectivity index (χ1) is 8.86. The average Bonchev–Trinajstić information content (AvgIpc) is 2.89. The quantitative estimate of drug-likeness (QED) is 0.880. The summed E-state index contributed by atoms with van der Waals surface area (Å²) >= 11 is 0. The van der Waals surface area contributed by atoms with Gasteiger partial charge in [-0.15, -0.1) is 0 Å². The number of nitrogens with two attached hydrogens (primary N) is 1. The van der Waals surface area contributed by atoms with Crippen LogP contribution < -0.4 is 5.73 Å². The molecule has 0 amide bonds. The first-order valence-corrected chi connectivity index (χ1v) is 6.59. The van der Waals surface area contributed by atoms with Gasteiger partial charge in [0.25, 0.3) is 0 Å². The van der Waals surface area contributed by atoms with Crippen molar-refractivity contribution in [3.8, 4) is 11.3 Å². The Morgan fingerprint density at radius 3 is 2.83 bits per heavy atom. The Bertz CT molecular complexity index is 526. The molecule has 0 bridgehead atoms. The van der Waals surface area contributed by atoms with Gasteiger partial charge >= 0.3 is 0 Å². The summed E-state index contributed by atoms with van der Waals surface area (Å²) in [6, 6.07) is 4.50. The van der Waals surface area contributed by atoms with Crippen molar-refractivity contribution in [2.75, 3.05) is 5.73 Å². The lowest BCUT2D eigenvalue weighted by Gasteiger charge is -2.25. The molecule has 0 aromatic carbocycles. The van der Waals surface area contributed by atoms with Crippen LogP contribution in [0.2, 0.25) is 0 Å². The molecule has 18 heavy (non-hydrogen) atoms. The van der Waals surface area contributed by atoms with Gasteiger partial charge in [0, 0.05) is 17.8 Å². The van der Waals surface area contributed by atoms with Crippen LogP contribution in [0.15, 0.2) is 30.9 Å². The Morgan fingerprint density at radius 1 is 1.22 bits per heavy atom. The molecule has 1 saturated carbocycles. The number of nitrogen functional groups attached to an aromatic ring is 1. The first-order valence-electron chi connectivity index (χ1n) is 6.59. The standard InChI is InChI=1S/C14H18N4/c15-14-12(7-4-8-17-14)13-9-16-10-18(13)11-5-2-1-3-6-11/h4,7-11H,1-3,5-6H2,(H2,15,17). The van der Waals surface area contributed by atoms with Gasteiger partial charge in [0.2, 0.25) is 0 Å². The van der Waals surface area contributed by atoms with Gasteiger partial charge in [0.1, 0.15) is 5.82 Å². The van der Waals surface area contributed by atoms with Crippen molar-refractivity contribution in [3.05, 3.63) is 30.9 Å². The lowest BCUT2D eigenvalue weighted by molar-refractivity contribution is 0.355. The SMILES string of the molecule is Nc1ncccc1-c1cncn1C1CCCCC1. The van der Waals surface area contributed by atoms with Crippen LogP contribution in [0.5, 0.6) is 0 Å². The Hall–Kier alpha value is -1.84. The van der Waals surface area contributed by atoms with Gasteiger partial charge in [-0.05, 0) is 25.0 Å². The number of hydrogen-bond donors (Lipinski definition) is 1. The van der Waals surface area contributed by atoms with E-state index < -0.39 is 0 Å². The molecule has 1 aliphatic carbocycles. The van der Waals surface area contributed by atoms with Crippen LogP contribution in [0.3, 0.4) is 0 Å². The zero-order valence-electron chi connectivity index (χ0n) is 10.4. The van der Waals surface area contributed by atoms with E-state index in [1.807, 2.05) is 24.7 Å². The van der Waals surface area contributed by atoms with Crippen molar-refractivity contribution in [3.63, 3.8) is 0 Å². The third-order valence-electron chi connectivity index (χ3n) is 3.75. The maximum absolute atomic E-state index is 5.96. The van der Waals surface area contributed by atoms with E-state index >= 15 is 0 Å². The van der Waals surface area contributed by atoms with E-state index in [9.17, 15) is 0 Å². The van der Waals surface area contributed by atoms with Crippen LogP contribution in [0.1, 0.15) is 38.1 Å². The summed E-state index contributed by atoms with van der Waals surface area (Å²) in [7, 11) is 0. The van der Waals surface area contributed by atoms with Gasteiger partial charge < -0.3 is 10.3 Å². The Balaban J connectivity index is 1.98. The molecule has 4 heteroatoms. The molecule has 2 aromatic heterocycles. The van der Waals surface area contributed by atoms with Gasteiger partial charge in [-0.25, -0.2) is 9.97 Å². The largest absolute Gasteiger partial charge is 0.383 e. The molecule has 0 atom stereocenters. The summed E-state index contributed by atoms with van der Waals surface area (Å²) in [6.45, 7) is 0. The highest BCUT2D eigenvalue weighted by Gasteiger charge is 2.19. The molecule has 94 valence electrons. The molecule has 1 aliphatic rings. The minimum absolute atomic E-state index is 0.566.